The highest BCUT2D eigenvalue weighted by Crippen LogP contribution is 2.55. The average Bonchev–Trinajstić information content (AvgIpc) is 3.07. The first-order valence-electron chi connectivity index (χ1n) is 10.3. The molecule has 4 aliphatic rings. The van der Waals surface area contributed by atoms with Gasteiger partial charge < -0.3 is 9.47 Å². The molecule has 4 atom stereocenters. The van der Waals surface area contributed by atoms with Crippen LogP contribution in [0.3, 0.4) is 0 Å². The average molecular weight is 487 g/mol. The lowest BCUT2D eigenvalue weighted by Crippen LogP contribution is -2.30. The van der Waals surface area contributed by atoms with Gasteiger partial charge in [0.15, 0.2) is 5.78 Å². The van der Waals surface area contributed by atoms with E-state index in [-0.39, 0.29) is 41.7 Å². The number of hydrogen-bond acceptors (Lipinski definition) is 7. The van der Waals surface area contributed by atoms with Crippen LogP contribution in [-0.2, 0) is 19.1 Å². The molecule has 6 rings (SSSR count). The van der Waals surface area contributed by atoms with Crippen molar-refractivity contribution in [3.63, 3.8) is 0 Å². The van der Waals surface area contributed by atoms with Crippen LogP contribution in [0.2, 0.25) is 0 Å². The molecule has 2 unspecified atom stereocenters. The molecule has 4 heterocycles. The topological polar surface area (TPSA) is 78.4 Å². The maximum absolute atomic E-state index is 13.5. The highest BCUT2D eigenvalue weighted by Gasteiger charge is 2.60. The van der Waals surface area contributed by atoms with Gasteiger partial charge in [-0.1, -0.05) is 0 Å². The molecule has 0 N–H and O–H groups in total. The van der Waals surface area contributed by atoms with Gasteiger partial charge in [-0.15, -0.1) is 11.3 Å². The predicted molar refractivity (Wildman–Crippen MR) is 113 cm³/mol. The van der Waals surface area contributed by atoms with Gasteiger partial charge in [-0.2, -0.15) is 0 Å². The van der Waals surface area contributed by atoms with Gasteiger partial charge in [0.1, 0.15) is 10.8 Å². The number of fused-ring (bicyclic) bond motifs is 5. The quantitative estimate of drug-likeness (QED) is 0.598. The first-order valence-corrected chi connectivity index (χ1v) is 11.9. The molecule has 2 aliphatic carbocycles. The molecule has 154 valence electrons. The van der Waals surface area contributed by atoms with Crippen LogP contribution in [-0.4, -0.2) is 33.9 Å². The molecule has 2 aromatic rings. The maximum Gasteiger partial charge on any atom is 0.314 e. The Labute approximate surface area is 185 Å². The number of halogens is 1. The number of hydrogen-bond donors (Lipinski definition) is 0. The molecule has 0 radical (unpaired) electrons. The summed E-state index contributed by atoms with van der Waals surface area (Å²) in [5, 5.41) is 0.749. The molecule has 2 aromatic heterocycles. The highest BCUT2D eigenvalue weighted by atomic mass is 79.9. The minimum absolute atomic E-state index is 0.00881. The second kappa shape index (κ2) is 6.80. The van der Waals surface area contributed by atoms with Gasteiger partial charge in [0, 0.05) is 15.5 Å². The van der Waals surface area contributed by atoms with Crippen molar-refractivity contribution in [2.75, 3.05) is 0 Å². The fourth-order valence-corrected chi connectivity index (χ4v) is 6.03. The van der Waals surface area contributed by atoms with Crippen molar-refractivity contribution in [1.29, 1.82) is 0 Å². The first kappa shape index (κ1) is 18.8. The van der Waals surface area contributed by atoms with E-state index in [0.29, 0.717) is 17.0 Å². The number of rotatable bonds is 4. The van der Waals surface area contributed by atoms with E-state index in [4.69, 9.17) is 14.5 Å². The molecule has 2 aliphatic heterocycles. The van der Waals surface area contributed by atoms with Crippen LogP contribution in [0.5, 0.6) is 0 Å². The van der Waals surface area contributed by atoms with Crippen LogP contribution >= 0.6 is 27.3 Å². The van der Waals surface area contributed by atoms with Crippen molar-refractivity contribution < 1.29 is 19.1 Å². The van der Waals surface area contributed by atoms with E-state index in [1.807, 2.05) is 19.1 Å². The van der Waals surface area contributed by atoms with Gasteiger partial charge in [0.25, 0.3) is 0 Å². The normalized spacial score (nSPS) is 29.6. The highest BCUT2D eigenvalue weighted by molar-refractivity contribution is 9.10. The number of aryl methyl sites for hydroxylation is 1. The van der Waals surface area contributed by atoms with Crippen LogP contribution in [0.15, 0.2) is 28.6 Å². The third kappa shape index (κ3) is 2.84. The van der Waals surface area contributed by atoms with E-state index in [0.717, 1.165) is 45.7 Å². The largest absolute Gasteiger partial charge is 0.430 e. The summed E-state index contributed by atoms with van der Waals surface area (Å²) < 4.78 is 12.8. The molecule has 3 fully saturated rings. The second-order valence-corrected chi connectivity index (χ2v) is 10.5. The van der Waals surface area contributed by atoms with Gasteiger partial charge in [-0.3, -0.25) is 14.6 Å². The number of pyridine rings is 1. The number of allylic oxidation sites excluding steroid dienone is 1. The molecule has 8 heteroatoms. The van der Waals surface area contributed by atoms with Crippen LogP contribution in [0.25, 0.3) is 16.3 Å². The smallest absolute Gasteiger partial charge is 0.314 e. The molecule has 0 spiro atoms. The maximum atomic E-state index is 13.5. The molecule has 6 nitrogen and oxygen atoms in total. The minimum atomic E-state index is -0.254. The zero-order valence-electron chi connectivity index (χ0n) is 16.3. The molecule has 30 heavy (non-hydrogen) atoms. The van der Waals surface area contributed by atoms with E-state index >= 15 is 0 Å². The van der Waals surface area contributed by atoms with Crippen molar-refractivity contribution in [3.8, 4) is 10.7 Å². The molecule has 0 aromatic carbocycles. The van der Waals surface area contributed by atoms with Crippen molar-refractivity contribution in [3.05, 3.63) is 39.1 Å². The third-order valence-electron chi connectivity index (χ3n) is 6.47. The standard InChI is InChI=1S/C22H19BrN2O4S/c1-9-18(25-21(30-9)12-5-4-11(23)8-24-12)17-19(26)15-13-6-7-14(28-13)16(15)20(17)29-22(27)10-2-3-10/h4-5,8,10,13-16H,2-3,6-7H2,1H3/t13?,14?,15-,16+/m1/s1. The monoisotopic (exact) mass is 486 g/mol. The lowest BCUT2D eigenvalue weighted by Gasteiger charge is -2.21. The zero-order valence-corrected chi connectivity index (χ0v) is 18.7. The van der Waals surface area contributed by atoms with Crippen molar-refractivity contribution in [2.45, 2.75) is 44.8 Å². The van der Waals surface area contributed by atoms with E-state index in [1.54, 1.807) is 6.20 Å². The summed E-state index contributed by atoms with van der Waals surface area (Å²) in [6.07, 6.45) is 5.12. The summed E-state index contributed by atoms with van der Waals surface area (Å²) >= 11 is 4.90. The van der Waals surface area contributed by atoms with Gasteiger partial charge in [-0.05, 0) is 60.7 Å². The van der Waals surface area contributed by atoms with Crippen molar-refractivity contribution in [2.24, 2.45) is 17.8 Å². The fourth-order valence-electron chi connectivity index (χ4n) is 4.90. The molecule has 2 bridgehead atoms. The van der Waals surface area contributed by atoms with Gasteiger partial charge in [-0.25, -0.2) is 4.98 Å². The Bertz CT molecular complexity index is 1100. The lowest BCUT2D eigenvalue weighted by molar-refractivity contribution is -0.142. The second-order valence-electron chi connectivity index (χ2n) is 8.43. The van der Waals surface area contributed by atoms with Crippen molar-refractivity contribution in [1.82, 2.24) is 9.97 Å². The summed E-state index contributed by atoms with van der Waals surface area (Å²) in [6.45, 7) is 1.95. The SMILES string of the molecule is Cc1sc(-c2ccc(Br)cn2)nc1C1=C(OC(=O)C2CC2)[C@H]2C3CCC(O3)[C@H]2C1=O. The number of carbonyl (C=O) groups is 2. The minimum Gasteiger partial charge on any atom is -0.430 e. The Morgan fingerprint density at radius 1 is 1.20 bits per heavy atom. The van der Waals surface area contributed by atoms with Gasteiger partial charge >= 0.3 is 5.97 Å². The number of ketones is 1. The Morgan fingerprint density at radius 2 is 1.97 bits per heavy atom. The van der Waals surface area contributed by atoms with Gasteiger partial charge in [0.05, 0.1) is 46.9 Å². The van der Waals surface area contributed by atoms with Crippen LogP contribution < -0.4 is 0 Å². The summed E-state index contributed by atoms with van der Waals surface area (Å²) in [6, 6.07) is 3.81. The Hall–Kier alpha value is -1.90. The molecular weight excluding hydrogens is 468 g/mol. The number of ether oxygens (including phenoxy) is 2. The number of Topliss-reactive ketones (excluding diaryl/α,β-unsaturated/α-hetero) is 1. The number of thiazole rings is 1. The third-order valence-corrected chi connectivity index (χ3v) is 7.94. The van der Waals surface area contributed by atoms with Gasteiger partial charge in [0.2, 0.25) is 0 Å². The predicted octanol–water partition coefficient (Wildman–Crippen LogP) is 4.32. The van der Waals surface area contributed by atoms with Crippen molar-refractivity contribution >= 4 is 44.6 Å². The van der Waals surface area contributed by atoms with E-state index in [2.05, 4.69) is 20.9 Å². The van der Waals surface area contributed by atoms with E-state index < -0.39 is 0 Å². The Morgan fingerprint density at radius 3 is 2.67 bits per heavy atom. The number of carbonyl (C=O) groups excluding carboxylic acids is 2. The summed E-state index contributed by atoms with van der Waals surface area (Å²) in [4.78, 5) is 36.2. The zero-order chi connectivity index (χ0) is 20.6. The molecule has 1 saturated carbocycles. The number of aromatic nitrogens is 2. The number of nitrogens with zero attached hydrogens (tertiary/aromatic N) is 2. The fraction of sp³-hybridized carbons (Fsp3) is 0.455. The summed E-state index contributed by atoms with van der Waals surface area (Å²) in [5.74, 6) is -0.166. The van der Waals surface area contributed by atoms with Crippen LogP contribution in [0, 0.1) is 24.7 Å². The van der Waals surface area contributed by atoms with Crippen LogP contribution in [0.4, 0.5) is 0 Å². The summed E-state index contributed by atoms with van der Waals surface area (Å²) in [7, 11) is 0. The summed E-state index contributed by atoms with van der Waals surface area (Å²) in [5.41, 5.74) is 1.86. The molecule has 0 amide bonds. The van der Waals surface area contributed by atoms with E-state index in [9.17, 15) is 9.59 Å². The lowest BCUT2D eigenvalue weighted by atomic mass is 9.80. The molecule has 2 saturated heterocycles. The van der Waals surface area contributed by atoms with E-state index in [1.165, 1.54) is 11.3 Å². The Kier molecular flexibility index (Phi) is 4.27. The van der Waals surface area contributed by atoms with Crippen LogP contribution in [0.1, 0.15) is 36.3 Å². The molecular formula is C22H19BrN2O4S. The first-order chi connectivity index (χ1) is 14.5. The Balaban J connectivity index is 1.45. The number of esters is 1.